The van der Waals surface area contributed by atoms with Crippen molar-refractivity contribution in [1.82, 2.24) is 10.3 Å². The van der Waals surface area contributed by atoms with Crippen molar-refractivity contribution in [2.45, 2.75) is 57.4 Å². The highest BCUT2D eigenvalue weighted by molar-refractivity contribution is 7.11. The third-order valence-corrected chi connectivity index (χ3v) is 4.93. The van der Waals surface area contributed by atoms with Gasteiger partial charge in [0.2, 0.25) is 0 Å². The summed E-state index contributed by atoms with van der Waals surface area (Å²) in [5, 5.41) is 4.88. The number of nitrogens with zero attached hydrogens (tertiary/aromatic N) is 1. The zero-order chi connectivity index (χ0) is 11.0. The van der Waals surface area contributed by atoms with Crippen molar-refractivity contribution in [3.05, 3.63) is 15.6 Å². The summed E-state index contributed by atoms with van der Waals surface area (Å²) in [6.45, 7) is 4.26. The molecule has 2 aliphatic carbocycles. The van der Waals surface area contributed by atoms with Gasteiger partial charge in [0.25, 0.3) is 0 Å². The molecule has 16 heavy (non-hydrogen) atoms. The van der Waals surface area contributed by atoms with Gasteiger partial charge in [-0.15, -0.1) is 11.3 Å². The fourth-order valence-electron chi connectivity index (χ4n) is 2.25. The van der Waals surface area contributed by atoms with E-state index in [2.05, 4.69) is 12.2 Å². The summed E-state index contributed by atoms with van der Waals surface area (Å²) < 4.78 is 0. The molecule has 0 bridgehead atoms. The second kappa shape index (κ2) is 4.46. The molecule has 0 radical (unpaired) electrons. The summed E-state index contributed by atoms with van der Waals surface area (Å²) >= 11 is 1.98. The van der Waals surface area contributed by atoms with Crippen molar-refractivity contribution in [2.24, 2.45) is 0 Å². The molecule has 0 aliphatic heterocycles. The zero-order valence-corrected chi connectivity index (χ0v) is 10.8. The Morgan fingerprint density at radius 1 is 1.25 bits per heavy atom. The van der Waals surface area contributed by atoms with E-state index in [9.17, 15) is 0 Å². The number of thiazole rings is 1. The van der Waals surface area contributed by atoms with Crippen LogP contribution in [0.4, 0.5) is 0 Å². The third-order valence-electron chi connectivity index (χ3n) is 3.70. The van der Waals surface area contributed by atoms with Gasteiger partial charge in [0.05, 0.1) is 10.7 Å². The molecule has 0 atom stereocenters. The first-order valence-electron chi connectivity index (χ1n) is 6.58. The van der Waals surface area contributed by atoms with Crippen molar-refractivity contribution in [3.8, 4) is 0 Å². The number of nitrogens with one attached hydrogen (secondary N) is 1. The second-order valence-corrected chi connectivity index (χ2v) is 6.16. The topological polar surface area (TPSA) is 24.9 Å². The Bertz CT molecular complexity index is 364. The maximum absolute atomic E-state index is 4.93. The predicted molar refractivity (Wildman–Crippen MR) is 68.1 cm³/mol. The molecule has 0 unspecified atom stereocenters. The quantitative estimate of drug-likeness (QED) is 0.847. The predicted octanol–water partition coefficient (Wildman–Crippen LogP) is 3.40. The fourth-order valence-corrected chi connectivity index (χ4v) is 3.54. The van der Waals surface area contributed by atoms with Crippen LogP contribution in [0.1, 0.15) is 66.4 Å². The highest BCUT2D eigenvalue weighted by Gasteiger charge is 2.31. The number of aromatic nitrogens is 1. The van der Waals surface area contributed by atoms with Crippen LogP contribution in [0, 0.1) is 0 Å². The van der Waals surface area contributed by atoms with Crippen molar-refractivity contribution in [2.75, 3.05) is 6.54 Å². The lowest BCUT2D eigenvalue weighted by molar-refractivity contribution is 0.417. The molecule has 1 aromatic heterocycles. The lowest BCUT2D eigenvalue weighted by atomic mass is 9.86. The van der Waals surface area contributed by atoms with Gasteiger partial charge in [0, 0.05) is 23.3 Å². The van der Waals surface area contributed by atoms with E-state index in [0.29, 0.717) is 0 Å². The lowest BCUT2D eigenvalue weighted by Crippen LogP contribution is -2.11. The maximum Gasteiger partial charge on any atom is 0.0962 e. The van der Waals surface area contributed by atoms with Crippen molar-refractivity contribution in [1.29, 1.82) is 0 Å². The Morgan fingerprint density at radius 3 is 2.62 bits per heavy atom. The third kappa shape index (κ3) is 2.03. The van der Waals surface area contributed by atoms with Crippen LogP contribution in [0.3, 0.4) is 0 Å². The standard InChI is InChI=1S/C13H20N2S/c1-2-14-8-11-12(9-6-7-9)15-13(16-11)10-4-3-5-10/h9-10,14H,2-8H2,1H3. The van der Waals surface area contributed by atoms with Crippen LogP contribution in [-0.4, -0.2) is 11.5 Å². The average molecular weight is 236 g/mol. The molecule has 1 N–H and O–H groups in total. The van der Waals surface area contributed by atoms with Gasteiger partial charge in [-0.25, -0.2) is 4.98 Å². The van der Waals surface area contributed by atoms with Crippen LogP contribution in [-0.2, 0) is 6.54 Å². The number of rotatable bonds is 5. The van der Waals surface area contributed by atoms with E-state index in [4.69, 9.17) is 4.98 Å². The van der Waals surface area contributed by atoms with E-state index < -0.39 is 0 Å². The van der Waals surface area contributed by atoms with Crippen LogP contribution in [0.5, 0.6) is 0 Å². The highest BCUT2D eigenvalue weighted by atomic mass is 32.1. The van der Waals surface area contributed by atoms with Gasteiger partial charge >= 0.3 is 0 Å². The second-order valence-electron chi connectivity index (χ2n) is 5.04. The van der Waals surface area contributed by atoms with Crippen LogP contribution >= 0.6 is 11.3 Å². The highest BCUT2D eigenvalue weighted by Crippen LogP contribution is 2.46. The van der Waals surface area contributed by atoms with E-state index in [1.807, 2.05) is 11.3 Å². The Hall–Kier alpha value is -0.410. The molecular weight excluding hydrogens is 216 g/mol. The number of hydrogen-bond acceptors (Lipinski definition) is 3. The van der Waals surface area contributed by atoms with Crippen molar-refractivity contribution in [3.63, 3.8) is 0 Å². The van der Waals surface area contributed by atoms with Crippen molar-refractivity contribution >= 4 is 11.3 Å². The van der Waals surface area contributed by atoms with Crippen molar-refractivity contribution < 1.29 is 0 Å². The van der Waals surface area contributed by atoms with Gasteiger partial charge < -0.3 is 5.32 Å². The molecule has 2 fully saturated rings. The van der Waals surface area contributed by atoms with E-state index in [1.165, 1.54) is 47.7 Å². The van der Waals surface area contributed by atoms with E-state index in [1.54, 1.807) is 0 Å². The molecule has 88 valence electrons. The first-order valence-corrected chi connectivity index (χ1v) is 7.40. The summed E-state index contributed by atoms with van der Waals surface area (Å²) in [4.78, 5) is 6.45. The molecule has 0 aromatic carbocycles. The summed E-state index contributed by atoms with van der Waals surface area (Å²) in [7, 11) is 0. The first-order chi connectivity index (χ1) is 7.88. The lowest BCUT2D eigenvalue weighted by Gasteiger charge is -2.22. The molecule has 0 spiro atoms. The van der Waals surface area contributed by atoms with E-state index >= 15 is 0 Å². The molecule has 3 heteroatoms. The molecule has 1 heterocycles. The SMILES string of the molecule is CCNCc1sc(C2CCC2)nc1C1CC1. The van der Waals surface area contributed by atoms with E-state index in [-0.39, 0.29) is 0 Å². The van der Waals surface area contributed by atoms with Crippen LogP contribution in [0.25, 0.3) is 0 Å². The largest absolute Gasteiger partial charge is 0.312 e. The summed E-state index contributed by atoms with van der Waals surface area (Å²) in [6, 6.07) is 0. The molecule has 0 amide bonds. The van der Waals surface area contributed by atoms with Crippen LogP contribution in [0.15, 0.2) is 0 Å². The van der Waals surface area contributed by atoms with Gasteiger partial charge in [-0.1, -0.05) is 13.3 Å². The molecule has 0 saturated heterocycles. The smallest absolute Gasteiger partial charge is 0.0962 e. The van der Waals surface area contributed by atoms with E-state index in [0.717, 1.165) is 24.9 Å². The minimum absolute atomic E-state index is 0.804. The molecular formula is C13H20N2S. The van der Waals surface area contributed by atoms with Crippen LogP contribution in [0.2, 0.25) is 0 Å². The zero-order valence-electron chi connectivity index (χ0n) is 9.96. The molecule has 2 saturated carbocycles. The van der Waals surface area contributed by atoms with Gasteiger partial charge in [0.1, 0.15) is 0 Å². The maximum atomic E-state index is 4.93. The van der Waals surface area contributed by atoms with Gasteiger partial charge in [-0.05, 0) is 32.2 Å². The summed E-state index contributed by atoms with van der Waals surface area (Å²) in [5.41, 5.74) is 1.44. The fraction of sp³-hybridized carbons (Fsp3) is 0.769. The van der Waals surface area contributed by atoms with Gasteiger partial charge in [-0.3, -0.25) is 0 Å². The average Bonchev–Trinajstić information content (AvgIpc) is 2.96. The monoisotopic (exact) mass is 236 g/mol. The van der Waals surface area contributed by atoms with Gasteiger partial charge in [0.15, 0.2) is 0 Å². The molecule has 1 aromatic rings. The Kier molecular flexibility index (Phi) is 2.99. The number of hydrogen-bond donors (Lipinski definition) is 1. The van der Waals surface area contributed by atoms with Gasteiger partial charge in [-0.2, -0.15) is 0 Å². The molecule has 3 rings (SSSR count). The summed E-state index contributed by atoms with van der Waals surface area (Å²) in [6.07, 6.45) is 6.89. The minimum Gasteiger partial charge on any atom is -0.312 e. The Balaban J connectivity index is 1.79. The molecule has 2 aliphatic rings. The summed E-state index contributed by atoms with van der Waals surface area (Å²) in [5.74, 6) is 1.61. The normalized spacial score (nSPS) is 21.1. The Morgan fingerprint density at radius 2 is 2.06 bits per heavy atom. The minimum atomic E-state index is 0.804. The van der Waals surface area contributed by atoms with Crippen LogP contribution < -0.4 is 5.32 Å². The Labute approximate surface area is 101 Å². The molecule has 2 nitrogen and oxygen atoms in total. The first kappa shape index (κ1) is 10.7.